The van der Waals surface area contributed by atoms with E-state index >= 15 is 0 Å². The first-order valence-electron chi connectivity index (χ1n) is 7.64. The Kier molecular flexibility index (Phi) is 3.54. The number of piperidine rings is 1. The zero-order valence-electron chi connectivity index (χ0n) is 12.7. The number of carbonyl (C=O) groups excluding carboxylic acids is 1. The summed E-state index contributed by atoms with van der Waals surface area (Å²) >= 11 is 3.03. The van der Waals surface area contributed by atoms with Crippen molar-refractivity contribution in [3.8, 4) is 5.75 Å². The Labute approximate surface area is 150 Å². The Morgan fingerprint density at radius 2 is 2.04 bits per heavy atom. The Morgan fingerprint density at radius 1 is 1.32 bits per heavy atom. The SMILES string of the molecule is O=C1[C@H]2C[C@H]2[C@@H](c2ccccc2O)N1c1cc(Br)c(F)cc1[N+](=O)[O-]. The van der Waals surface area contributed by atoms with Crippen LogP contribution in [0.15, 0.2) is 40.9 Å². The van der Waals surface area contributed by atoms with Gasteiger partial charge < -0.3 is 5.11 Å². The van der Waals surface area contributed by atoms with E-state index in [9.17, 15) is 24.4 Å². The Morgan fingerprint density at radius 3 is 2.72 bits per heavy atom. The van der Waals surface area contributed by atoms with Gasteiger partial charge >= 0.3 is 0 Å². The van der Waals surface area contributed by atoms with E-state index in [1.54, 1.807) is 18.2 Å². The van der Waals surface area contributed by atoms with Gasteiger partial charge in [-0.25, -0.2) is 4.39 Å². The molecule has 25 heavy (non-hydrogen) atoms. The number of amides is 1. The molecule has 128 valence electrons. The van der Waals surface area contributed by atoms with E-state index < -0.39 is 22.5 Å². The van der Waals surface area contributed by atoms with Crippen LogP contribution in [0.4, 0.5) is 15.8 Å². The van der Waals surface area contributed by atoms with Crippen molar-refractivity contribution in [3.63, 3.8) is 0 Å². The van der Waals surface area contributed by atoms with E-state index in [-0.39, 0.29) is 33.7 Å². The molecule has 1 saturated carbocycles. The highest BCUT2D eigenvalue weighted by atomic mass is 79.9. The van der Waals surface area contributed by atoms with Gasteiger partial charge in [0, 0.05) is 11.5 Å². The lowest BCUT2D eigenvalue weighted by Crippen LogP contribution is -2.32. The molecule has 1 N–H and O–H groups in total. The minimum atomic E-state index is -0.772. The number of nitro benzene ring substituents is 1. The van der Waals surface area contributed by atoms with Crippen LogP contribution in [-0.2, 0) is 4.79 Å². The minimum absolute atomic E-state index is 0.00997. The third-order valence-electron chi connectivity index (χ3n) is 4.81. The Hall–Kier alpha value is -2.48. The van der Waals surface area contributed by atoms with Gasteiger partial charge in [-0.2, -0.15) is 0 Å². The second kappa shape index (κ2) is 5.52. The van der Waals surface area contributed by atoms with Crippen molar-refractivity contribution in [2.24, 2.45) is 11.8 Å². The number of hydrogen-bond acceptors (Lipinski definition) is 4. The molecule has 1 aliphatic heterocycles. The maximum absolute atomic E-state index is 13.8. The predicted molar refractivity (Wildman–Crippen MR) is 90.7 cm³/mol. The Balaban J connectivity index is 1.89. The summed E-state index contributed by atoms with van der Waals surface area (Å²) in [6.07, 6.45) is 0.685. The number of nitro groups is 1. The Bertz CT molecular complexity index is 920. The number of phenolic OH excluding ortho intramolecular Hbond substituents is 1. The topological polar surface area (TPSA) is 83.7 Å². The maximum atomic E-state index is 13.8. The van der Waals surface area contributed by atoms with Crippen molar-refractivity contribution in [1.29, 1.82) is 0 Å². The molecule has 4 rings (SSSR count). The molecule has 2 aromatic rings. The van der Waals surface area contributed by atoms with E-state index in [1.807, 2.05) is 0 Å². The van der Waals surface area contributed by atoms with E-state index in [0.717, 1.165) is 6.07 Å². The number of phenols is 1. The van der Waals surface area contributed by atoms with Gasteiger partial charge in [0.1, 0.15) is 17.3 Å². The van der Waals surface area contributed by atoms with Crippen LogP contribution in [0.5, 0.6) is 5.75 Å². The number of halogens is 2. The second-order valence-electron chi connectivity index (χ2n) is 6.23. The van der Waals surface area contributed by atoms with Gasteiger partial charge in [-0.15, -0.1) is 0 Å². The quantitative estimate of drug-likeness (QED) is 0.618. The summed E-state index contributed by atoms with van der Waals surface area (Å²) in [6.45, 7) is 0. The third kappa shape index (κ3) is 2.39. The van der Waals surface area contributed by atoms with Crippen molar-refractivity contribution < 1.29 is 19.2 Å². The normalized spacial score (nSPS) is 24.3. The number of nitrogens with zero attached hydrogens (tertiary/aromatic N) is 2. The lowest BCUT2D eigenvalue weighted by Gasteiger charge is -2.28. The number of fused-ring (bicyclic) bond motifs is 1. The van der Waals surface area contributed by atoms with E-state index in [0.29, 0.717) is 12.0 Å². The van der Waals surface area contributed by atoms with Gasteiger partial charge in [-0.1, -0.05) is 18.2 Å². The van der Waals surface area contributed by atoms with Gasteiger partial charge in [0.25, 0.3) is 5.69 Å². The molecule has 0 spiro atoms. The molecule has 1 amide bonds. The fraction of sp³-hybridized carbons (Fsp3) is 0.235. The molecule has 0 unspecified atom stereocenters. The fourth-order valence-electron chi connectivity index (χ4n) is 3.60. The molecular weight excluding hydrogens is 395 g/mol. The van der Waals surface area contributed by atoms with E-state index in [1.165, 1.54) is 17.0 Å². The van der Waals surface area contributed by atoms with Gasteiger partial charge in [0.05, 0.1) is 21.5 Å². The zero-order chi connectivity index (χ0) is 17.9. The summed E-state index contributed by atoms with van der Waals surface area (Å²) in [5.74, 6) is -1.20. The third-order valence-corrected chi connectivity index (χ3v) is 5.41. The van der Waals surface area contributed by atoms with Crippen molar-refractivity contribution in [2.45, 2.75) is 12.5 Å². The summed E-state index contributed by atoms with van der Waals surface area (Å²) in [5.41, 5.74) is 0.0927. The predicted octanol–water partition coefficient (Wildman–Crippen LogP) is 3.93. The molecule has 0 radical (unpaired) electrons. The molecule has 3 atom stereocenters. The zero-order valence-corrected chi connectivity index (χ0v) is 14.3. The van der Waals surface area contributed by atoms with Crippen LogP contribution in [-0.4, -0.2) is 15.9 Å². The van der Waals surface area contributed by atoms with E-state index in [4.69, 9.17) is 0 Å². The molecule has 0 aromatic heterocycles. The van der Waals surface area contributed by atoms with Crippen molar-refractivity contribution in [3.05, 3.63) is 62.4 Å². The first kappa shape index (κ1) is 16.0. The number of anilines is 1. The first-order chi connectivity index (χ1) is 11.9. The summed E-state index contributed by atoms with van der Waals surface area (Å²) in [4.78, 5) is 24.7. The van der Waals surface area contributed by atoms with Crippen molar-refractivity contribution in [2.75, 3.05) is 4.90 Å². The van der Waals surface area contributed by atoms with Crippen LogP contribution in [0.1, 0.15) is 18.0 Å². The van der Waals surface area contributed by atoms with Crippen LogP contribution in [0.25, 0.3) is 0 Å². The number of benzene rings is 2. The number of aromatic hydroxyl groups is 1. The minimum Gasteiger partial charge on any atom is -0.508 e. The van der Waals surface area contributed by atoms with E-state index in [2.05, 4.69) is 15.9 Å². The summed E-state index contributed by atoms with van der Waals surface area (Å²) < 4.78 is 13.8. The standard InChI is InChI=1S/C17H12BrFN2O4/c18-11-6-13(14(21(24)25)7-12(11)19)20-16(9-5-10(9)17(20)23)8-3-1-2-4-15(8)22/h1-4,6-7,9-10,16,22H,5H2/t9-,10+,16-/m1/s1. The summed E-state index contributed by atoms with van der Waals surface area (Å²) in [7, 11) is 0. The molecule has 2 aliphatic rings. The average molecular weight is 407 g/mol. The number of hydrogen-bond donors (Lipinski definition) is 1. The largest absolute Gasteiger partial charge is 0.508 e. The van der Waals surface area contributed by atoms with Crippen molar-refractivity contribution in [1.82, 2.24) is 0 Å². The molecule has 1 aliphatic carbocycles. The fourth-order valence-corrected chi connectivity index (χ4v) is 3.93. The molecular formula is C17H12BrFN2O4. The second-order valence-corrected chi connectivity index (χ2v) is 7.08. The lowest BCUT2D eigenvalue weighted by molar-refractivity contribution is -0.384. The molecule has 1 heterocycles. The van der Waals surface area contributed by atoms with Gasteiger partial charge in [0.2, 0.25) is 5.91 Å². The molecule has 2 aromatic carbocycles. The molecule has 1 saturated heterocycles. The molecule has 6 nitrogen and oxygen atoms in total. The molecule has 2 fully saturated rings. The smallest absolute Gasteiger partial charge is 0.295 e. The van der Waals surface area contributed by atoms with Crippen LogP contribution in [0.3, 0.4) is 0 Å². The monoisotopic (exact) mass is 406 g/mol. The molecule has 8 heteroatoms. The summed E-state index contributed by atoms with van der Waals surface area (Å²) in [5, 5.41) is 21.6. The van der Waals surface area contributed by atoms with Gasteiger partial charge in [-0.3, -0.25) is 19.8 Å². The molecule has 0 bridgehead atoms. The van der Waals surface area contributed by atoms with Crippen LogP contribution in [0.2, 0.25) is 0 Å². The van der Waals surface area contributed by atoms with Gasteiger partial charge in [0.15, 0.2) is 0 Å². The number of carbonyl (C=O) groups is 1. The van der Waals surface area contributed by atoms with Crippen LogP contribution < -0.4 is 4.90 Å². The van der Waals surface area contributed by atoms with Crippen LogP contribution in [0, 0.1) is 27.8 Å². The van der Waals surface area contributed by atoms with Crippen molar-refractivity contribution >= 4 is 33.2 Å². The number of rotatable bonds is 3. The summed E-state index contributed by atoms with van der Waals surface area (Å²) in [6, 6.07) is 8.18. The number of para-hydroxylation sites is 1. The highest BCUT2D eigenvalue weighted by Crippen LogP contribution is 2.60. The maximum Gasteiger partial charge on any atom is 0.295 e. The van der Waals surface area contributed by atoms with Crippen LogP contribution >= 0.6 is 15.9 Å². The lowest BCUT2D eigenvalue weighted by atomic mass is 10.0. The highest BCUT2D eigenvalue weighted by molar-refractivity contribution is 9.10. The average Bonchev–Trinajstić information content (AvgIpc) is 3.30. The highest BCUT2D eigenvalue weighted by Gasteiger charge is 2.60. The van der Waals surface area contributed by atoms with Gasteiger partial charge in [-0.05, 0) is 40.4 Å². The first-order valence-corrected chi connectivity index (χ1v) is 8.44.